The van der Waals surface area contributed by atoms with Gasteiger partial charge < -0.3 is 19.7 Å². The predicted octanol–water partition coefficient (Wildman–Crippen LogP) is 2.79. The van der Waals surface area contributed by atoms with Crippen molar-refractivity contribution in [3.05, 3.63) is 46.3 Å². The molecular weight excluding hydrogens is 350 g/mol. The molecule has 0 bridgehead atoms. The Morgan fingerprint density at radius 1 is 1.11 bits per heavy atom. The van der Waals surface area contributed by atoms with Crippen molar-refractivity contribution in [2.24, 2.45) is 0 Å². The molecule has 0 aliphatic heterocycles. The monoisotopic (exact) mass is 375 g/mol. The zero-order valence-electron chi connectivity index (χ0n) is 15.8. The van der Waals surface area contributed by atoms with Crippen LogP contribution in [0, 0.1) is 10.1 Å². The largest absolute Gasteiger partial charge is 0.383 e. The van der Waals surface area contributed by atoms with Gasteiger partial charge in [0.05, 0.1) is 18.1 Å². The van der Waals surface area contributed by atoms with Crippen LogP contribution in [0.1, 0.15) is 12.5 Å². The van der Waals surface area contributed by atoms with Crippen LogP contribution in [-0.4, -0.2) is 55.4 Å². The lowest BCUT2D eigenvalue weighted by atomic mass is 10.1. The van der Waals surface area contributed by atoms with E-state index in [2.05, 4.69) is 22.2 Å². The van der Waals surface area contributed by atoms with E-state index in [0.29, 0.717) is 26.3 Å². The minimum Gasteiger partial charge on any atom is -0.383 e. The van der Waals surface area contributed by atoms with Crippen molar-refractivity contribution in [1.29, 1.82) is 0 Å². The van der Waals surface area contributed by atoms with Crippen molar-refractivity contribution in [2.45, 2.75) is 13.3 Å². The molecule has 0 aliphatic rings. The third-order valence-corrected chi connectivity index (χ3v) is 4.04. The summed E-state index contributed by atoms with van der Waals surface area (Å²) >= 11 is 0. The number of methoxy groups -OCH3 is 2. The van der Waals surface area contributed by atoms with Crippen LogP contribution in [0.15, 0.2) is 30.6 Å². The number of rotatable bonds is 11. The zero-order chi connectivity index (χ0) is 19.6. The van der Waals surface area contributed by atoms with Gasteiger partial charge in [-0.15, -0.1) is 0 Å². The minimum absolute atomic E-state index is 0.147. The molecule has 1 aromatic heterocycles. The first-order chi connectivity index (χ1) is 13.1. The van der Waals surface area contributed by atoms with E-state index in [1.807, 2.05) is 24.3 Å². The van der Waals surface area contributed by atoms with Crippen LogP contribution >= 0.6 is 0 Å². The summed E-state index contributed by atoms with van der Waals surface area (Å²) in [5.74, 6) is 0.380. The molecule has 27 heavy (non-hydrogen) atoms. The average molecular weight is 375 g/mol. The Morgan fingerprint density at radius 3 is 2.26 bits per heavy atom. The van der Waals surface area contributed by atoms with Crippen LogP contribution in [0.2, 0.25) is 0 Å². The van der Waals surface area contributed by atoms with Gasteiger partial charge in [0.25, 0.3) is 0 Å². The van der Waals surface area contributed by atoms with E-state index < -0.39 is 4.92 Å². The molecule has 0 aliphatic carbocycles. The van der Waals surface area contributed by atoms with Crippen molar-refractivity contribution in [2.75, 3.05) is 50.7 Å². The summed E-state index contributed by atoms with van der Waals surface area (Å²) in [6, 6.07) is 7.69. The van der Waals surface area contributed by atoms with Crippen molar-refractivity contribution in [3.63, 3.8) is 0 Å². The van der Waals surface area contributed by atoms with Gasteiger partial charge in [0, 0.05) is 33.0 Å². The molecule has 1 heterocycles. The first-order valence-electron chi connectivity index (χ1n) is 8.68. The summed E-state index contributed by atoms with van der Waals surface area (Å²) < 4.78 is 10.2. The Kier molecular flexibility index (Phi) is 7.90. The molecule has 0 fully saturated rings. The number of benzene rings is 1. The molecule has 2 aromatic rings. The Hall–Kier alpha value is -2.78. The number of ether oxygens (including phenoxy) is 2. The molecule has 146 valence electrons. The average Bonchev–Trinajstić information content (AvgIpc) is 2.68. The molecule has 9 heteroatoms. The fraction of sp³-hybridized carbons (Fsp3) is 0.444. The molecule has 0 saturated heterocycles. The highest BCUT2D eigenvalue weighted by molar-refractivity contribution is 5.74. The summed E-state index contributed by atoms with van der Waals surface area (Å²) in [4.78, 5) is 21.3. The van der Waals surface area contributed by atoms with E-state index in [1.165, 1.54) is 11.9 Å². The quantitative estimate of drug-likeness (QED) is 0.472. The lowest BCUT2D eigenvalue weighted by Gasteiger charge is -2.23. The number of hydrogen-bond donors (Lipinski definition) is 1. The summed E-state index contributed by atoms with van der Waals surface area (Å²) in [5.41, 5.74) is 1.73. The van der Waals surface area contributed by atoms with Gasteiger partial charge in [-0.2, -0.15) is 0 Å². The topological polar surface area (TPSA) is 103 Å². The second kappa shape index (κ2) is 10.4. The Bertz CT molecular complexity index is 731. The van der Waals surface area contributed by atoms with E-state index in [0.717, 1.165) is 12.1 Å². The number of nitro groups is 1. The fourth-order valence-corrected chi connectivity index (χ4v) is 2.55. The second-order valence-electron chi connectivity index (χ2n) is 5.80. The molecular formula is C18H25N5O4. The van der Waals surface area contributed by atoms with Gasteiger partial charge in [-0.05, 0) is 24.1 Å². The van der Waals surface area contributed by atoms with Crippen molar-refractivity contribution in [3.8, 4) is 0 Å². The van der Waals surface area contributed by atoms with Gasteiger partial charge in [0.1, 0.15) is 6.33 Å². The smallest absolute Gasteiger partial charge is 0.353 e. The van der Waals surface area contributed by atoms with E-state index in [4.69, 9.17) is 9.47 Å². The van der Waals surface area contributed by atoms with Crippen LogP contribution in [0.25, 0.3) is 0 Å². The maximum absolute atomic E-state index is 11.8. The summed E-state index contributed by atoms with van der Waals surface area (Å²) in [6.07, 6.45) is 2.24. The van der Waals surface area contributed by atoms with Crippen molar-refractivity contribution in [1.82, 2.24) is 9.97 Å². The van der Waals surface area contributed by atoms with Crippen LogP contribution < -0.4 is 10.2 Å². The first kappa shape index (κ1) is 20.5. The van der Waals surface area contributed by atoms with Crippen molar-refractivity contribution >= 4 is 23.0 Å². The highest BCUT2D eigenvalue weighted by Crippen LogP contribution is 2.33. The number of nitrogens with zero attached hydrogens (tertiary/aromatic N) is 4. The van der Waals surface area contributed by atoms with Crippen LogP contribution in [-0.2, 0) is 15.9 Å². The predicted molar refractivity (Wildman–Crippen MR) is 104 cm³/mol. The van der Waals surface area contributed by atoms with Gasteiger partial charge in [-0.3, -0.25) is 10.1 Å². The molecule has 0 amide bonds. The highest BCUT2D eigenvalue weighted by atomic mass is 16.6. The molecule has 9 nitrogen and oxygen atoms in total. The third kappa shape index (κ3) is 5.60. The lowest BCUT2D eigenvalue weighted by molar-refractivity contribution is -0.383. The molecule has 1 N–H and O–H groups in total. The SMILES string of the molecule is CCc1ccc(Nc2ncnc(N(CCOC)CCOC)c2[N+](=O)[O-])cc1. The Morgan fingerprint density at radius 2 is 1.74 bits per heavy atom. The van der Waals surface area contributed by atoms with Gasteiger partial charge >= 0.3 is 5.69 Å². The molecule has 0 atom stereocenters. The van der Waals surface area contributed by atoms with Crippen LogP contribution in [0.4, 0.5) is 23.0 Å². The molecule has 2 rings (SSSR count). The van der Waals surface area contributed by atoms with E-state index in [9.17, 15) is 10.1 Å². The second-order valence-corrected chi connectivity index (χ2v) is 5.80. The molecule has 0 unspecified atom stereocenters. The van der Waals surface area contributed by atoms with Crippen LogP contribution in [0.5, 0.6) is 0 Å². The number of aryl methyl sites for hydroxylation is 1. The fourth-order valence-electron chi connectivity index (χ4n) is 2.55. The minimum atomic E-state index is -0.468. The number of hydrogen-bond acceptors (Lipinski definition) is 8. The number of anilines is 3. The molecule has 0 spiro atoms. The number of aromatic nitrogens is 2. The van der Waals surface area contributed by atoms with E-state index >= 15 is 0 Å². The standard InChI is InChI=1S/C18H25N5O4/c1-4-14-5-7-15(8-6-14)21-17-16(23(24)25)18(20-13-19-17)22(9-11-26-2)10-12-27-3/h5-8,13H,4,9-12H2,1-3H3,(H,19,20,21). The van der Waals surface area contributed by atoms with Gasteiger partial charge in [-0.25, -0.2) is 9.97 Å². The van der Waals surface area contributed by atoms with Crippen LogP contribution in [0.3, 0.4) is 0 Å². The Labute approximate surface area is 158 Å². The Balaban J connectivity index is 2.36. The van der Waals surface area contributed by atoms with E-state index in [1.54, 1.807) is 19.1 Å². The van der Waals surface area contributed by atoms with E-state index in [-0.39, 0.29) is 17.3 Å². The normalized spacial score (nSPS) is 10.6. The lowest BCUT2D eigenvalue weighted by Crippen LogP contribution is -2.32. The molecule has 0 radical (unpaired) electrons. The van der Waals surface area contributed by atoms with Crippen molar-refractivity contribution < 1.29 is 14.4 Å². The first-order valence-corrected chi connectivity index (χ1v) is 8.68. The summed E-state index contributed by atoms with van der Waals surface area (Å²) in [6.45, 7) is 3.78. The summed E-state index contributed by atoms with van der Waals surface area (Å²) in [7, 11) is 3.16. The van der Waals surface area contributed by atoms with Gasteiger partial charge in [0.2, 0.25) is 11.6 Å². The maximum Gasteiger partial charge on any atom is 0.353 e. The summed E-state index contributed by atoms with van der Waals surface area (Å²) in [5, 5.41) is 14.8. The maximum atomic E-state index is 11.8. The van der Waals surface area contributed by atoms with Gasteiger partial charge in [0.15, 0.2) is 0 Å². The zero-order valence-corrected chi connectivity index (χ0v) is 15.8. The van der Waals surface area contributed by atoms with Gasteiger partial charge in [-0.1, -0.05) is 19.1 Å². The molecule has 0 saturated carbocycles. The highest BCUT2D eigenvalue weighted by Gasteiger charge is 2.27. The molecule has 1 aromatic carbocycles. The third-order valence-electron chi connectivity index (χ3n) is 4.04. The number of nitrogens with one attached hydrogen (secondary N) is 1.